The van der Waals surface area contributed by atoms with E-state index in [9.17, 15) is 9.59 Å². The molecule has 5 nitrogen and oxygen atoms in total. The molecule has 0 aliphatic rings. The Morgan fingerprint density at radius 3 is 2.78 bits per heavy atom. The Bertz CT molecular complexity index is 653. The summed E-state index contributed by atoms with van der Waals surface area (Å²) < 4.78 is 5.40. The quantitative estimate of drug-likeness (QED) is 0.840. The van der Waals surface area contributed by atoms with Crippen LogP contribution in [-0.2, 0) is 13.5 Å². The molecule has 0 amide bonds. The number of aromatic amines is 1. The Hall–Kier alpha value is -1.43. The Balaban J connectivity index is 2.33. The van der Waals surface area contributed by atoms with Crippen molar-refractivity contribution in [2.45, 2.75) is 39.0 Å². The minimum atomic E-state index is -0.381. The molecule has 0 saturated carbocycles. The van der Waals surface area contributed by atoms with Crippen LogP contribution in [0.25, 0.3) is 10.2 Å². The van der Waals surface area contributed by atoms with E-state index in [0.29, 0.717) is 10.2 Å². The molecule has 98 valence electrons. The van der Waals surface area contributed by atoms with Crippen molar-refractivity contribution in [1.29, 1.82) is 0 Å². The molecule has 2 rings (SSSR count). The van der Waals surface area contributed by atoms with Gasteiger partial charge in [-0.25, -0.2) is 4.79 Å². The van der Waals surface area contributed by atoms with Crippen LogP contribution in [0, 0.1) is 0 Å². The number of nitrogens with zero attached hydrogens (tertiary/aromatic N) is 2. The van der Waals surface area contributed by atoms with E-state index >= 15 is 0 Å². The van der Waals surface area contributed by atoms with Crippen LogP contribution in [0.2, 0.25) is 0 Å². The molecule has 0 saturated heterocycles. The number of fused-ring (bicyclic) bond motifs is 1. The molecule has 0 fully saturated rings. The highest BCUT2D eigenvalue weighted by atomic mass is 32.1. The molecule has 18 heavy (non-hydrogen) atoms. The van der Waals surface area contributed by atoms with Crippen LogP contribution in [0.1, 0.15) is 38.3 Å². The van der Waals surface area contributed by atoms with Crippen LogP contribution in [0.15, 0.2) is 9.59 Å². The zero-order chi connectivity index (χ0) is 13.1. The Labute approximate surface area is 109 Å². The van der Waals surface area contributed by atoms with Gasteiger partial charge < -0.3 is 0 Å². The fourth-order valence-corrected chi connectivity index (χ4v) is 2.77. The third-order valence-corrected chi connectivity index (χ3v) is 3.87. The predicted octanol–water partition coefficient (Wildman–Crippen LogP) is 1.81. The average molecular weight is 267 g/mol. The van der Waals surface area contributed by atoms with E-state index in [0.717, 1.165) is 29.5 Å². The van der Waals surface area contributed by atoms with Gasteiger partial charge in [-0.3, -0.25) is 14.3 Å². The highest BCUT2D eigenvalue weighted by molar-refractivity contribution is 7.12. The maximum atomic E-state index is 12.0. The molecule has 6 heteroatoms. The number of rotatable bonds is 5. The van der Waals surface area contributed by atoms with Crippen molar-refractivity contribution in [1.82, 2.24) is 13.9 Å². The lowest BCUT2D eigenvalue weighted by Crippen LogP contribution is -2.32. The Kier molecular flexibility index (Phi) is 3.96. The van der Waals surface area contributed by atoms with Crippen LogP contribution in [-0.4, -0.2) is 13.9 Å². The standard InChI is InChI=1S/C12H17N3O2S/c1-3-4-5-6-7-8-9-10(18-14-8)13-12(17)15(2)11(9)16/h3-7H2,1-2H3,(H,13,17). The number of H-pyrrole nitrogens is 1. The van der Waals surface area contributed by atoms with Gasteiger partial charge in [-0.15, -0.1) is 0 Å². The molecule has 0 spiro atoms. The topological polar surface area (TPSA) is 67.8 Å². The zero-order valence-corrected chi connectivity index (χ0v) is 11.5. The third-order valence-electron chi connectivity index (χ3n) is 3.07. The molecule has 0 radical (unpaired) electrons. The number of hydrogen-bond donors (Lipinski definition) is 1. The molecule has 0 aromatic carbocycles. The summed E-state index contributed by atoms with van der Waals surface area (Å²) in [6.45, 7) is 2.17. The molecule has 0 aliphatic heterocycles. The van der Waals surface area contributed by atoms with Gasteiger partial charge in [0.1, 0.15) is 4.83 Å². The largest absolute Gasteiger partial charge is 0.329 e. The minimum Gasteiger partial charge on any atom is -0.297 e. The van der Waals surface area contributed by atoms with Crippen molar-refractivity contribution >= 4 is 21.7 Å². The molecule has 0 atom stereocenters. The van der Waals surface area contributed by atoms with Crippen molar-refractivity contribution in [3.8, 4) is 0 Å². The molecule has 2 heterocycles. The first-order valence-corrected chi connectivity index (χ1v) is 7.00. The smallest absolute Gasteiger partial charge is 0.297 e. The highest BCUT2D eigenvalue weighted by Gasteiger charge is 2.12. The fourth-order valence-electron chi connectivity index (χ4n) is 1.96. The monoisotopic (exact) mass is 267 g/mol. The van der Waals surface area contributed by atoms with Crippen molar-refractivity contribution in [2.24, 2.45) is 7.05 Å². The Morgan fingerprint density at radius 1 is 1.28 bits per heavy atom. The Morgan fingerprint density at radius 2 is 2.06 bits per heavy atom. The molecule has 2 aromatic heterocycles. The van der Waals surface area contributed by atoms with E-state index in [1.807, 2.05) is 0 Å². The lowest BCUT2D eigenvalue weighted by Gasteiger charge is -1.99. The number of aryl methyl sites for hydroxylation is 1. The number of aromatic nitrogens is 3. The fraction of sp³-hybridized carbons (Fsp3) is 0.583. The van der Waals surface area contributed by atoms with Gasteiger partial charge in [-0.1, -0.05) is 26.2 Å². The summed E-state index contributed by atoms with van der Waals surface area (Å²) in [6.07, 6.45) is 5.39. The average Bonchev–Trinajstić information content (AvgIpc) is 2.75. The first kappa shape index (κ1) is 13.0. The van der Waals surface area contributed by atoms with Gasteiger partial charge in [-0.2, -0.15) is 4.37 Å². The van der Waals surface area contributed by atoms with Gasteiger partial charge in [0.05, 0.1) is 11.1 Å². The first-order chi connectivity index (χ1) is 8.65. The number of hydrogen-bond acceptors (Lipinski definition) is 4. The van der Waals surface area contributed by atoms with E-state index in [1.54, 1.807) is 0 Å². The van der Waals surface area contributed by atoms with Crippen LogP contribution < -0.4 is 11.2 Å². The first-order valence-electron chi connectivity index (χ1n) is 6.22. The summed E-state index contributed by atoms with van der Waals surface area (Å²) in [6, 6.07) is 0. The summed E-state index contributed by atoms with van der Waals surface area (Å²) in [4.78, 5) is 26.8. The second kappa shape index (κ2) is 5.48. The minimum absolute atomic E-state index is 0.243. The van der Waals surface area contributed by atoms with Crippen molar-refractivity contribution in [3.63, 3.8) is 0 Å². The summed E-state index contributed by atoms with van der Waals surface area (Å²) in [5.74, 6) is 0. The summed E-state index contributed by atoms with van der Waals surface area (Å²) >= 11 is 1.20. The molecule has 1 N–H and O–H groups in total. The zero-order valence-electron chi connectivity index (χ0n) is 10.7. The maximum absolute atomic E-state index is 12.0. The molecule has 2 aromatic rings. The van der Waals surface area contributed by atoms with E-state index in [-0.39, 0.29) is 11.2 Å². The lowest BCUT2D eigenvalue weighted by molar-refractivity contribution is 0.664. The van der Waals surface area contributed by atoms with Gasteiger partial charge in [0.15, 0.2) is 0 Å². The lowest BCUT2D eigenvalue weighted by atomic mass is 10.1. The van der Waals surface area contributed by atoms with Gasteiger partial charge in [-0.05, 0) is 24.4 Å². The SMILES string of the molecule is CCCCCCc1nsc2[nH]c(=O)n(C)c(=O)c12. The van der Waals surface area contributed by atoms with E-state index < -0.39 is 0 Å². The van der Waals surface area contributed by atoms with Gasteiger partial charge in [0, 0.05) is 7.05 Å². The second-order valence-corrected chi connectivity index (χ2v) is 5.21. The highest BCUT2D eigenvalue weighted by Crippen LogP contribution is 2.18. The second-order valence-electron chi connectivity index (χ2n) is 4.44. The van der Waals surface area contributed by atoms with Crippen LogP contribution >= 0.6 is 11.5 Å². The summed E-state index contributed by atoms with van der Waals surface area (Å²) in [7, 11) is 1.49. The normalized spacial score (nSPS) is 11.2. The van der Waals surface area contributed by atoms with Crippen LogP contribution in [0.3, 0.4) is 0 Å². The summed E-state index contributed by atoms with van der Waals surface area (Å²) in [5.41, 5.74) is 0.199. The number of unbranched alkanes of at least 4 members (excludes halogenated alkanes) is 3. The predicted molar refractivity (Wildman–Crippen MR) is 73.3 cm³/mol. The van der Waals surface area contributed by atoms with Gasteiger partial charge in [0.25, 0.3) is 5.56 Å². The van der Waals surface area contributed by atoms with Crippen molar-refractivity contribution in [3.05, 3.63) is 26.5 Å². The van der Waals surface area contributed by atoms with Crippen molar-refractivity contribution < 1.29 is 0 Å². The van der Waals surface area contributed by atoms with E-state index in [2.05, 4.69) is 16.3 Å². The van der Waals surface area contributed by atoms with Crippen LogP contribution in [0.4, 0.5) is 0 Å². The third kappa shape index (κ3) is 2.38. The molecule has 0 unspecified atom stereocenters. The van der Waals surface area contributed by atoms with Crippen LogP contribution in [0.5, 0.6) is 0 Å². The maximum Gasteiger partial charge on any atom is 0.329 e. The van der Waals surface area contributed by atoms with E-state index in [4.69, 9.17) is 0 Å². The molecular formula is C12H17N3O2S. The van der Waals surface area contributed by atoms with Gasteiger partial charge in [0.2, 0.25) is 0 Å². The molecule has 0 bridgehead atoms. The summed E-state index contributed by atoms with van der Waals surface area (Å²) in [5, 5.41) is 0.582. The number of nitrogens with one attached hydrogen (secondary N) is 1. The van der Waals surface area contributed by atoms with Crippen molar-refractivity contribution in [2.75, 3.05) is 0 Å². The molecular weight excluding hydrogens is 250 g/mol. The van der Waals surface area contributed by atoms with E-state index in [1.165, 1.54) is 31.4 Å². The van der Waals surface area contributed by atoms with Gasteiger partial charge >= 0.3 is 5.69 Å². The molecule has 0 aliphatic carbocycles.